The summed E-state index contributed by atoms with van der Waals surface area (Å²) in [6.45, 7) is 6.63. The first-order valence-electron chi connectivity index (χ1n) is 7.03. The van der Waals surface area contributed by atoms with E-state index in [0.29, 0.717) is 18.9 Å². The molecular weight excluding hydrogens is 244 g/mol. The van der Waals surface area contributed by atoms with Gasteiger partial charge in [-0.15, -0.1) is 0 Å². The number of amides is 1. The van der Waals surface area contributed by atoms with Crippen molar-refractivity contribution < 1.29 is 14.3 Å². The normalized spacial score (nSPS) is 15.4. The third kappa shape index (κ3) is 7.15. The quantitative estimate of drug-likeness (QED) is 0.623. The lowest BCUT2D eigenvalue weighted by molar-refractivity contribution is -0.146. The minimum absolute atomic E-state index is 0.0675. The molecule has 0 radical (unpaired) electrons. The second-order valence-electron chi connectivity index (χ2n) is 5.18. The molecule has 0 aliphatic rings. The maximum absolute atomic E-state index is 11.9. The number of nitrogens with one attached hydrogen (secondary N) is 1. The fourth-order valence-corrected chi connectivity index (χ4v) is 1.85. The van der Waals surface area contributed by atoms with Crippen LogP contribution in [0.5, 0.6) is 0 Å². The van der Waals surface area contributed by atoms with Crippen molar-refractivity contribution in [3.8, 4) is 0 Å². The topological polar surface area (TPSA) is 81.4 Å². The van der Waals surface area contributed by atoms with E-state index in [2.05, 4.69) is 12.2 Å². The van der Waals surface area contributed by atoms with E-state index >= 15 is 0 Å². The number of rotatable bonds is 9. The number of esters is 1. The van der Waals surface area contributed by atoms with Crippen LogP contribution in [0.15, 0.2) is 0 Å². The fraction of sp³-hybridized carbons (Fsp3) is 0.857. The van der Waals surface area contributed by atoms with Crippen molar-refractivity contribution in [3.63, 3.8) is 0 Å². The number of methoxy groups -OCH3 is 1. The summed E-state index contributed by atoms with van der Waals surface area (Å²) in [5, 5.41) is 2.77. The highest BCUT2D eigenvalue weighted by Gasteiger charge is 2.26. The first-order chi connectivity index (χ1) is 8.96. The molecule has 0 aromatic carbocycles. The van der Waals surface area contributed by atoms with Crippen LogP contribution in [0.2, 0.25) is 0 Å². The summed E-state index contributed by atoms with van der Waals surface area (Å²) in [7, 11) is 1.34. The number of carbonyl (C=O) groups is 2. The molecular formula is C14H28N2O3. The molecule has 5 heteroatoms. The van der Waals surface area contributed by atoms with Gasteiger partial charge in [0.25, 0.3) is 0 Å². The summed E-state index contributed by atoms with van der Waals surface area (Å²) in [5.41, 5.74) is 5.47. The third-order valence-corrected chi connectivity index (χ3v) is 3.51. The summed E-state index contributed by atoms with van der Waals surface area (Å²) < 4.78 is 4.73. The SMILES string of the molecule is CCC(C)C(NC(=O)CCC(C)CCN)C(=O)OC. The summed E-state index contributed by atoms with van der Waals surface area (Å²) in [4.78, 5) is 23.5. The zero-order valence-corrected chi connectivity index (χ0v) is 12.6. The minimum Gasteiger partial charge on any atom is -0.467 e. The van der Waals surface area contributed by atoms with Gasteiger partial charge < -0.3 is 15.8 Å². The smallest absolute Gasteiger partial charge is 0.328 e. The van der Waals surface area contributed by atoms with Crippen molar-refractivity contribution in [2.24, 2.45) is 17.6 Å². The van der Waals surface area contributed by atoms with Gasteiger partial charge in [-0.25, -0.2) is 4.79 Å². The first kappa shape index (κ1) is 17.9. The van der Waals surface area contributed by atoms with E-state index in [9.17, 15) is 9.59 Å². The molecule has 3 unspecified atom stereocenters. The van der Waals surface area contributed by atoms with Crippen LogP contribution in [-0.4, -0.2) is 31.6 Å². The Morgan fingerprint density at radius 3 is 2.37 bits per heavy atom. The fourth-order valence-electron chi connectivity index (χ4n) is 1.85. The van der Waals surface area contributed by atoms with Crippen LogP contribution in [0, 0.1) is 11.8 Å². The Hall–Kier alpha value is -1.10. The predicted octanol–water partition coefficient (Wildman–Crippen LogP) is 1.46. The molecule has 0 rings (SSSR count). The van der Waals surface area contributed by atoms with E-state index in [1.54, 1.807) is 0 Å². The third-order valence-electron chi connectivity index (χ3n) is 3.51. The molecule has 3 N–H and O–H groups in total. The molecule has 0 fully saturated rings. The standard InChI is InChI=1S/C14H28N2O3/c1-5-11(3)13(14(18)19-4)16-12(17)7-6-10(2)8-9-15/h10-11,13H,5-9,15H2,1-4H3,(H,16,17). The summed E-state index contributed by atoms with van der Waals surface area (Å²) in [6.07, 6.45) is 2.94. The summed E-state index contributed by atoms with van der Waals surface area (Å²) in [6, 6.07) is -0.549. The van der Waals surface area contributed by atoms with Gasteiger partial charge >= 0.3 is 5.97 Å². The average Bonchev–Trinajstić information content (AvgIpc) is 2.41. The molecule has 19 heavy (non-hydrogen) atoms. The number of carbonyl (C=O) groups excluding carboxylic acids is 2. The molecule has 1 amide bonds. The Balaban J connectivity index is 4.27. The lowest BCUT2D eigenvalue weighted by atomic mass is 9.98. The van der Waals surface area contributed by atoms with Gasteiger partial charge in [-0.05, 0) is 31.2 Å². The molecule has 0 bridgehead atoms. The van der Waals surface area contributed by atoms with Gasteiger partial charge in [0.15, 0.2) is 0 Å². The van der Waals surface area contributed by atoms with E-state index in [-0.39, 0.29) is 17.8 Å². The molecule has 0 heterocycles. The predicted molar refractivity (Wildman–Crippen MR) is 75.5 cm³/mol. The molecule has 0 saturated carbocycles. The Bertz CT molecular complexity index is 282. The van der Waals surface area contributed by atoms with Gasteiger partial charge in [-0.1, -0.05) is 27.2 Å². The minimum atomic E-state index is -0.549. The maximum atomic E-state index is 11.9. The van der Waals surface area contributed by atoms with Crippen molar-refractivity contribution in [2.75, 3.05) is 13.7 Å². The van der Waals surface area contributed by atoms with Crippen LogP contribution in [0.3, 0.4) is 0 Å². The van der Waals surface area contributed by atoms with Gasteiger partial charge in [-0.2, -0.15) is 0 Å². The zero-order chi connectivity index (χ0) is 14.8. The maximum Gasteiger partial charge on any atom is 0.328 e. The molecule has 112 valence electrons. The molecule has 0 spiro atoms. The number of nitrogens with two attached hydrogens (primary N) is 1. The van der Waals surface area contributed by atoms with Crippen molar-refractivity contribution in [3.05, 3.63) is 0 Å². The van der Waals surface area contributed by atoms with E-state index in [0.717, 1.165) is 19.3 Å². The molecule has 0 aromatic heterocycles. The van der Waals surface area contributed by atoms with Crippen molar-refractivity contribution in [2.45, 2.75) is 52.5 Å². The van der Waals surface area contributed by atoms with E-state index in [1.807, 2.05) is 13.8 Å². The van der Waals surface area contributed by atoms with Crippen LogP contribution in [0.1, 0.15) is 46.5 Å². The van der Waals surface area contributed by atoms with Crippen LogP contribution < -0.4 is 11.1 Å². The van der Waals surface area contributed by atoms with E-state index in [1.165, 1.54) is 7.11 Å². The van der Waals surface area contributed by atoms with Crippen LogP contribution in [0.25, 0.3) is 0 Å². The highest BCUT2D eigenvalue weighted by Crippen LogP contribution is 2.12. The lowest BCUT2D eigenvalue weighted by Gasteiger charge is -2.22. The Morgan fingerprint density at radius 2 is 1.89 bits per heavy atom. The van der Waals surface area contributed by atoms with Gasteiger partial charge in [0, 0.05) is 6.42 Å². The van der Waals surface area contributed by atoms with E-state index < -0.39 is 6.04 Å². The average molecular weight is 272 g/mol. The summed E-state index contributed by atoms with van der Waals surface area (Å²) >= 11 is 0. The Morgan fingerprint density at radius 1 is 1.26 bits per heavy atom. The van der Waals surface area contributed by atoms with Gasteiger partial charge in [-0.3, -0.25) is 4.79 Å². The van der Waals surface area contributed by atoms with Crippen LogP contribution in [-0.2, 0) is 14.3 Å². The first-order valence-corrected chi connectivity index (χ1v) is 7.03. The number of hydrogen-bond donors (Lipinski definition) is 2. The number of hydrogen-bond acceptors (Lipinski definition) is 4. The van der Waals surface area contributed by atoms with Crippen molar-refractivity contribution >= 4 is 11.9 Å². The van der Waals surface area contributed by atoms with Crippen molar-refractivity contribution in [1.29, 1.82) is 0 Å². The van der Waals surface area contributed by atoms with E-state index in [4.69, 9.17) is 10.5 Å². The monoisotopic (exact) mass is 272 g/mol. The highest BCUT2D eigenvalue weighted by atomic mass is 16.5. The lowest BCUT2D eigenvalue weighted by Crippen LogP contribution is -2.45. The number of ether oxygens (including phenoxy) is 1. The second kappa shape index (κ2) is 9.78. The highest BCUT2D eigenvalue weighted by molar-refractivity contribution is 5.84. The molecule has 3 atom stereocenters. The van der Waals surface area contributed by atoms with Crippen LogP contribution in [0.4, 0.5) is 0 Å². The Kier molecular flexibility index (Phi) is 9.21. The van der Waals surface area contributed by atoms with Crippen LogP contribution >= 0.6 is 0 Å². The molecule has 0 saturated heterocycles. The molecule has 5 nitrogen and oxygen atoms in total. The van der Waals surface area contributed by atoms with Crippen molar-refractivity contribution in [1.82, 2.24) is 5.32 Å². The summed E-state index contributed by atoms with van der Waals surface area (Å²) in [5.74, 6) is 0.0195. The molecule has 0 aliphatic carbocycles. The van der Waals surface area contributed by atoms with Gasteiger partial charge in [0.1, 0.15) is 6.04 Å². The Labute approximate surface area is 116 Å². The molecule has 0 aromatic rings. The zero-order valence-electron chi connectivity index (χ0n) is 12.6. The molecule has 0 aliphatic heterocycles. The van der Waals surface area contributed by atoms with Gasteiger partial charge in [0.05, 0.1) is 7.11 Å². The second-order valence-corrected chi connectivity index (χ2v) is 5.18. The van der Waals surface area contributed by atoms with Gasteiger partial charge in [0.2, 0.25) is 5.91 Å². The largest absolute Gasteiger partial charge is 0.467 e.